The van der Waals surface area contributed by atoms with E-state index in [4.69, 9.17) is 11.6 Å². The second kappa shape index (κ2) is 4.39. The predicted octanol–water partition coefficient (Wildman–Crippen LogP) is 4.81. The van der Waals surface area contributed by atoms with Gasteiger partial charge in [-0.2, -0.15) is 0 Å². The van der Waals surface area contributed by atoms with E-state index in [-0.39, 0.29) is 0 Å². The van der Waals surface area contributed by atoms with Crippen LogP contribution in [-0.4, -0.2) is 9.97 Å². The molecule has 0 spiro atoms. The van der Waals surface area contributed by atoms with Crippen molar-refractivity contribution < 1.29 is 0 Å². The molecule has 0 aliphatic heterocycles. The van der Waals surface area contributed by atoms with Gasteiger partial charge >= 0.3 is 0 Å². The zero-order chi connectivity index (χ0) is 13.6. The molecule has 1 aromatic heterocycles. The molecule has 0 unspecified atom stereocenters. The molecule has 3 aromatic rings. The first kappa shape index (κ1) is 12.2. The van der Waals surface area contributed by atoms with Gasteiger partial charge in [0.1, 0.15) is 5.82 Å². The molecular weight excluding hydrogens is 256 g/mol. The van der Waals surface area contributed by atoms with Crippen LogP contribution in [0.5, 0.6) is 0 Å². The van der Waals surface area contributed by atoms with Gasteiger partial charge in [0.25, 0.3) is 0 Å². The number of fused-ring (bicyclic) bond motifs is 1. The highest BCUT2D eigenvalue weighted by molar-refractivity contribution is 6.31. The number of imidazole rings is 1. The lowest BCUT2D eigenvalue weighted by Gasteiger charge is -2.00. The normalized spacial score (nSPS) is 11.2. The van der Waals surface area contributed by atoms with Crippen molar-refractivity contribution in [2.75, 3.05) is 0 Å². The molecule has 96 valence electrons. The van der Waals surface area contributed by atoms with Gasteiger partial charge in [0.2, 0.25) is 0 Å². The van der Waals surface area contributed by atoms with Crippen LogP contribution < -0.4 is 0 Å². The number of aromatic amines is 1. The first-order valence-electron chi connectivity index (χ1n) is 6.28. The van der Waals surface area contributed by atoms with E-state index in [0.29, 0.717) is 0 Å². The highest BCUT2D eigenvalue weighted by Crippen LogP contribution is 2.26. The lowest BCUT2D eigenvalue weighted by Crippen LogP contribution is -1.82. The van der Waals surface area contributed by atoms with Crippen molar-refractivity contribution >= 4 is 22.6 Å². The number of hydrogen-bond acceptors (Lipinski definition) is 1. The van der Waals surface area contributed by atoms with Crippen LogP contribution >= 0.6 is 11.6 Å². The van der Waals surface area contributed by atoms with Gasteiger partial charge in [-0.15, -0.1) is 0 Å². The van der Waals surface area contributed by atoms with Gasteiger partial charge < -0.3 is 4.98 Å². The molecule has 0 bridgehead atoms. The topological polar surface area (TPSA) is 28.7 Å². The third-order valence-corrected chi connectivity index (χ3v) is 3.95. The molecule has 0 aliphatic carbocycles. The van der Waals surface area contributed by atoms with Crippen LogP contribution in [0.25, 0.3) is 22.4 Å². The highest BCUT2D eigenvalue weighted by atomic mass is 35.5. The number of nitrogens with zero attached hydrogens (tertiary/aromatic N) is 1. The third-order valence-electron chi connectivity index (χ3n) is 3.53. The van der Waals surface area contributed by atoms with Gasteiger partial charge in [0.05, 0.1) is 11.0 Å². The Bertz CT molecular complexity index is 733. The average molecular weight is 271 g/mol. The second-order valence-electron chi connectivity index (χ2n) is 5.00. The Morgan fingerprint density at radius 2 is 1.68 bits per heavy atom. The summed E-state index contributed by atoms with van der Waals surface area (Å²) in [5, 5.41) is 0.784. The zero-order valence-corrected chi connectivity index (χ0v) is 12.0. The minimum absolute atomic E-state index is 0.784. The van der Waals surface area contributed by atoms with E-state index in [1.807, 2.05) is 19.1 Å². The SMILES string of the molecule is Cc1cc2nc(-c3ccc(Cl)c(C)c3)[nH]c2cc1C. The minimum Gasteiger partial charge on any atom is -0.338 e. The number of benzene rings is 2. The molecule has 1 heterocycles. The standard InChI is InChI=1S/C16H15ClN2/c1-9-7-14-15(8-10(9)2)19-16(18-14)12-4-5-13(17)11(3)6-12/h4-8H,1-3H3,(H,18,19). The van der Waals surface area contributed by atoms with Gasteiger partial charge in [0.15, 0.2) is 0 Å². The maximum atomic E-state index is 6.06. The van der Waals surface area contributed by atoms with E-state index in [2.05, 4.69) is 42.0 Å². The summed E-state index contributed by atoms with van der Waals surface area (Å²) >= 11 is 6.06. The molecule has 2 aromatic carbocycles. The molecule has 1 N–H and O–H groups in total. The fourth-order valence-electron chi connectivity index (χ4n) is 2.20. The third kappa shape index (κ3) is 2.13. The van der Waals surface area contributed by atoms with Crippen LogP contribution in [0.1, 0.15) is 16.7 Å². The number of aromatic nitrogens is 2. The van der Waals surface area contributed by atoms with Crippen LogP contribution in [0.15, 0.2) is 30.3 Å². The summed E-state index contributed by atoms with van der Waals surface area (Å²) < 4.78 is 0. The van der Waals surface area contributed by atoms with E-state index in [1.165, 1.54) is 11.1 Å². The van der Waals surface area contributed by atoms with Crippen molar-refractivity contribution in [2.24, 2.45) is 0 Å². The van der Waals surface area contributed by atoms with Crippen molar-refractivity contribution in [3.05, 3.63) is 52.0 Å². The molecular formula is C16H15ClN2. The first-order chi connectivity index (χ1) is 9.04. The number of hydrogen-bond donors (Lipinski definition) is 1. The quantitative estimate of drug-likeness (QED) is 0.675. The lowest BCUT2D eigenvalue weighted by atomic mass is 10.1. The second-order valence-corrected chi connectivity index (χ2v) is 5.41. The van der Waals surface area contributed by atoms with E-state index in [9.17, 15) is 0 Å². The number of halogens is 1. The number of nitrogens with one attached hydrogen (secondary N) is 1. The van der Waals surface area contributed by atoms with Crippen molar-refractivity contribution in [1.82, 2.24) is 9.97 Å². The van der Waals surface area contributed by atoms with Crippen molar-refractivity contribution in [3.8, 4) is 11.4 Å². The summed E-state index contributed by atoms with van der Waals surface area (Å²) in [4.78, 5) is 8.03. The summed E-state index contributed by atoms with van der Waals surface area (Å²) in [7, 11) is 0. The van der Waals surface area contributed by atoms with Crippen LogP contribution in [-0.2, 0) is 0 Å². The molecule has 0 saturated carbocycles. The van der Waals surface area contributed by atoms with E-state index < -0.39 is 0 Å². The molecule has 3 heteroatoms. The molecule has 0 aliphatic rings. The van der Waals surface area contributed by atoms with Gasteiger partial charge in [-0.3, -0.25) is 0 Å². The van der Waals surface area contributed by atoms with Gasteiger partial charge in [0, 0.05) is 10.6 Å². The maximum absolute atomic E-state index is 6.06. The average Bonchev–Trinajstić information content (AvgIpc) is 2.76. The summed E-state index contributed by atoms with van der Waals surface area (Å²) in [6.07, 6.45) is 0. The highest BCUT2D eigenvalue weighted by Gasteiger charge is 2.07. The molecule has 3 rings (SSSR count). The van der Waals surface area contributed by atoms with Crippen molar-refractivity contribution in [3.63, 3.8) is 0 Å². The van der Waals surface area contributed by atoms with E-state index in [0.717, 1.165) is 33.0 Å². The molecule has 2 nitrogen and oxygen atoms in total. The Kier molecular flexibility index (Phi) is 2.83. The first-order valence-corrected chi connectivity index (χ1v) is 6.66. The van der Waals surface area contributed by atoms with Crippen LogP contribution in [0.3, 0.4) is 0 Å². The Hall–Kier alpha value is -1.80. The van der Waals surface area contributed by atoms with E-state index >= 15 is 0 Å². The molecule has 0 saturated heterocycles. The van der Waals surface area contributed by atoms with Crippen molar-refractivity contribution in [2.45, 2.75) is 20.8 Å². The van der Waals surface area contributed by atoms with Crippen LogP contribution in [0.4, 0.5) is 0 Å². The van der Waals surface area contributed by atoms with Crippen molar-refractivity contribution in [1.29, 1.82) is 0 Å². The summed E-state index contributed by atoms with van der Waals surface area (Å²) in [6.45, 7) is 6.22. The Morgan fingerprint density at radius 3 is 2.42 bits per heavy atom. The largest absolute Gasteiger partial charge is 0.338 e. The Balaban J connectivity index is 2.17. The number of H-pyrrole nitrogens is 1. The number of rotatable bonds is 1. The molecule has 19 heavy (non-hydrogen) atoms. The molecule has 0 radical (unpaired) electrons. The molecule has 0 amide bonds. The predicted molar refractivity (Wildman–Crippen MR) is 80.8 cm³/mol. The Morgan fingerprint density at radius 1 is 0.947 bits per heavy atom. The summed E-state index contributed by atoms with van der Waals surface area (Å²) in [5.41, 5.74) is 6.74. The molecule has 0 fully saturated rings. The molecule has 0 atom stereocenters. The Labute approximate surface area is 117 Å². The smallest absolute Gasteiger partial charge is 0.138 e. The van der Waals surface area contributed by atoms with Gasteiger partial charge in [-0.25, -0.2) is 4.98 Å². The van der Waals surface area contributed by atoms with E-state index in [1.54, 1.807) is 0 Å². The fraction of sp³-hybridized carbons (Fsp3) is 0.188. The number of aryl methyl sites for hydroxylation is 3. The monoisotopic (exact) mass is 270 g/mol. The minimum atomic E-state index is 0.784. The van der Waals surface area contributed by atoms with Crippen LogP contribution in [0.2, 0.25) is 5.02 Å². The lowest BCUT2D eigenvalue weighted by molar-refractivity contribution is 1.32. The summed E-state index contributed by atoms with van der Waals surface area (Å²) in [5.74, 6) is 0.889. The summed E-state index contributed by atoms with van der Waals surface area (Å²) in [6, 6.07) is 10.2. The fourth-order valence-corrected chi connectivity index (χ4v) is 2.32. The maximum Gasteiger partial charge on any atom is 0.138 e. The van der Waals surface area contributed by atoms with Gasteiger partial charge in [-0.1, -0.05) is 11.6 Å². The zero-order valence-electron chi connectivity index (χ0n) is 11.2. The van der Waals surface area contributed by atoms with Crippen LogP contribution in [0, 0.1) is 20.8 Å². The van der Waals surface area contributed by atoms with Gasteiger partial charge in [-0.05, 0) is 67.8 Å².